The lowest BCUT2D eigenvalue weighted by molar-refractivity contribution is -0.140. The molecular formula is C11H17N3O4. The Balaban J connectivity index is 2.56. The Hall–Kier alpha value is -2.05. The number of urea groups is 1. The quantitative estimate of drug-likeness (QED) is 0.597. The molecule has 100 valence electrons. The number of carbonyl (C=O) groups is 3. The molecule has 0 unspecified atom stereocenters. The Labute approximate surface area is 105 Å². The molecule has 0 bridgehead atoms. The van der Waals surface area contributed by atoms with Gasteiger partial charge in [0.1, 0.15) is 6.04 Å². The van der Waals surface area contributed by atoms with Crippen molar-refractivity contribution in [3.63, 3.8) is 0 Å². The maximum atomic E-state index is 11.8. The lowest BCUT2D eigenvalue weighted by Crippen LogP contribution is -2.50. The minimum atomic E-state index is -1.28. The number of nitrogens with zero attached hydrogens (tertiary/aromatic N) is 1. The van der Waals surface area contributed by atoms with Crippen molar-refractivity contribution >= 4 is 17.9 Å². The third-order valence-electron chi connectivity index (χ3n) is 2.72. The molecule has 0 radical (unpaired) electrons. The SMILES string of the molecule is CC1=CCN(C(=O)N[C@H](CC(N)=O)C(=O)O)CC1. The van der Waals surface area contributed by atoms with Crippen molar-refractivity contribution in [2.75, 3.05) is 13.1 Å². The van der Waals surface area contributed by atoms with Gasteiger partial charge in [0, 0.05) is 13.1 Å². The van der Waals surface area contributed by atoms with Gasteiger partial charge in [0.25, 0.3) is 0 Å². The Bertz CT molecular complexity index is 392. The fourth-order valence-corrected chi connectivity index (χ4v) is 1.60. The smallest absolute Gasteiger partial charge is 0.326 e. The number of aliphatic carboxylic acids is 1. The first-order valence-electron chi connectivity index (χ1n) is 5.62. The summed E-state index contributed by atoms with van der Waals surface area (Å²) in [4.78, 5) is 34.8. The van der Waals surface area contributed by atoms with Gasteiger partial charge < -0.3 is 21.1 Å². The van der Waals surface area contributed by atoms with Crippen LogP contribution in [0.1, 0.15) is 19.8 Å². The summed E-state index contributed by atoms with van der Waals surface area (Å²) in [5.74, 6) is -2.04. The van der Waals surface area contributed by atoms with E-state index in [2.05, 4.69) is 5.32 Å². The number of primary amides is 1. The fourth-order valence-electron chi connectivity index (χ4n) is 1.60. The lowest BCUT2D eigenvalue weighted by Gasteiger charge is -2.27. The molecule has 0 spiro atoms. The van der Waals surface area contributed by atoms with Crippen molar-refractivity contribution in [1.29, 1.82) is 0 Å². The van der Waals surface area contributed by atoms with Crippen LogP contribution < -0.4 is 11.1 Å². The highest BCUT2D eigenvalue weighted by Crippen LogP contribution is 2.09. The molecule has 1 heterocycles. The largest absolute Gasteiger partial charge is 0.480 e. The monoisotopic (exact) mass is 255 g/mol. The van der Waals surface area contributed by atoms with Crippen molar-refractivity contribution in [3.8, 4) is 0 Å². The molecule has 0 fully saturated rings. The average molecular weight is 255 g/mol. The van der Waals surface area contributed by atoms with E-state index in [9.17, 15) is 14.4 Å². The van der Waals surface area contributed by atoms with Gasteiger partial charge in [-0.1, -0.05) is 11.6 Å². The molecule has 1 aliphatic heterocycles. The van der Waals surface area contributed by atoms with Crippen LogP contribution in [-0.2, 0) is 9.59 Å². The van der Waals surface area contributed by atoms with Crippen molar-refractivity contribution in [2.45, 2.75) is 25.8 Å². The molecule has 0 aromatic heterocycles. The molecule has 0 aromatic carbocycles. The van der Waals surface area contributed by atoms with Gasteiger partial charge in [0.05, 0.1) is 6.42 Å². The number of carboxylic acids is 1. The summed E-state index contributed by atoms with van der Waals surface area (Å²) in [6.07, 6.45) is 2.26. The van der Waals surface area contributed by atoms with E-state index in [0.717, 1.165) is 6.42 Å². The van der Waals surface area contributed by atoms with Gasteiger partial charge in [-0.3, -0.25) is 4.79 Å². The highest BCUT2D eigenvalue weighted by molar-refractivity contribution is 5.87. The van der Waals surface area contributed by atoms with Crippen LogP contribution >= 0.6 is 0 Å². The summed E-state index contributed by atoms with van der Waals surface area (Å²) in [5, 5.41) is 11.1. The molecule has 1 aliphatic rings. The van der Waals surface area contributed by atoms with Crippen molar-refractivity contribution in [2.24, 2.45) is 5.73 Å². The molecule has 18 heavy (non-hydrogen) atoms. The molecule has 4 N–H and O–H groups in total. The topological polar surface area (TPSA) is 113 Å². The Morgan fingerprint density at radius 3 is 2.67 bits per heavy atom. The van der Waals surface area contributed by atoms with Crippen molar-refractivity contribution < 1.29 is 19.5 Å². The third-order valence-corrected chi connectivity index (χ3v) is 2.72. The Kier molecular flexibility index (Phi) is 4.70. The van der Waals surface area contributed by atoms with Gasteiger partial charge in [-0.15, -0.1) is 0 Å². The predicted molar refractivity (Wildman–Crippen MR) is 63.7 cm³/mol. The van der Waals surface area contributed by atoms with Gasteiger partial charge >= 0.3 is 12.0 Å². The van der Waals surface area contributed by atoms with Crippen LogP contribution in [0.25, 0.3) is 0 Å². The van der Waals surface area contributed by atoms with E-state index in [1.165, 1.54) is 10.5 Å². The molecule has 1 atom stereocenters. The van der Waals surface area contributed by atoms with Gasteiger partial charge in [-0.05, 0) is 13.3 Å². The van der Waals surface area contributed by atoms with Gasteiger partial charge in [0.15, 0.2) is 0 Å². The van der Waals surface area contributed by atoms with Crippen LogP contribution in [0.15, 0.2) is 11.6 Å². The number of hydrogen-bond acceptors (Lipinski definition) is 3. The highest BCUT2D eigenvalue weighted by atomic mass is 16.4. The third kappa shape index (κ3) is 4.08. The number of rotatable bonds is 4. The first-order chi connectivity index (χ1) is 8.40. The summed E-state index contributed by atoms with van der Waals surface area (Å²) >= 11 is 0. The standard InChI is InChI=1S/C11H17N3O4/c1-7-2-4-14(5-3-7)11(18)13-8(10(16)17)6-9(12)15/h2,8H,3-6H2,1H3,(H2,12,15)(H,13,18)(H,16,17)/t8-/m1/s1. The maximum absolute atomic E-state index is 11.8. The summed E-state index contributed by atoms with van der Waals surface area (Å²) in [5.41, 5.74) is 6.13. The van der Waals surface area contributed by atoms with Gasteiger partial charge in [-0.2, -0.15) is 0 Å². The number of nitrogens with two attached hydrogens (primary N) is 1. The normalized spacial score (nSPS) is 16.7. The van der Waals surface area contributed by atoms with E-state index < -0.39 is 30.4 Å². The number of amides is 3. The van der Waals surface area contributed by atoms with Crippen LogP contribution in [-0.4, -0.2) is 47.0 Å². The molecule has 0 aromatic rings. The molecular weight excluding hydrogens is 238 g/mol. The Morgan fingerprint density at radius 1 is 1.56 bits per heavy atom. The molecule has 0 saturated heterocycles. The van der Waals surface area contributed by atoms with Crippen LogP contribution in [0.4, 0.5) is 4.79 Å². The summed E-state index contributed by atoms with van der Waals surface area (Å²) in [7, 11) is 0. The predicted octanol–water partition coefficient (Wildman–Crippen LogP) is -0.323. The molecule has 1 rings (SSSR count). The second-order valence-electron chi connectivity index (χ2n) is 4.26. The van der Waals surface area contributed by atoms with E-state index in [4.69, 9.17) is 10.8 Å². The highest BCUT2D eigenvalue weighted by Gasteiger charge is 2.25. The second-order valence-corrected chi connectivity index (χ2v) is 4.26. The minimum Gasteiger partial charge on any atom is -0.480 e. The summed E-state index contributed by atoms with van der Waals surface area (Å²) < 4.78 is 0. The van der Waals surface area contributed by atoms with Crippen LogP contribution in [0.2, 0.25) is 0 Å². The number of nitrogens with one attached hydrogen (secondary N) is 1. The van der Waals surface area contributed by atoms with Crippen LogP contribution in [0.3, 0.4) is 0 Å². The van der Waals surface area contributed by atoms with E-state index in [0.29, 0.717) is 13.1 Å². The molecule has 7 heteroatoms. The number of hydrogen-bond donors (Lipinski definition) is 3. The van der Waals surface area contributed by atoms with Gasteiger partial charge in [0.2, 0.25) is 5.91 Å². The lowest BCUT2D eigenvalue weighted by atomic mass is 10.1. The van der Waals surface area contributed by atoms with Crippen molar-refractivity contribution in [3.05, 3.63) is 11.6 Å². The van der Waals surface area contributed by atoms with Gasteiger partial charge in [-0.25, -0.2) is 9.59 Å². The van der Waals surface area contributed by atoms with E-state index in [-0.39, 0.29) is 0 Å². The van der Waals surface area contributed by atoms with Crippen molar-refractivity contribution in [1.82, 2.24) is 10.2 Å². The van der Waals surface area contributed by atoms with E-state index in [1.807, 2.05) is 13.0 Å². The van der Waals surface area contributed by atoms with E-state index in [1.54, 1.807) is 0 Å². The first-order valence-corrected chi connectivity index (χ1v) is 5.62. The number of carbonyl (C=O) groups excluding carboxylic acids is 2. The average Bonchev–Trinajstić information content (AvgIpc) is 2.28. The summed E-state index contributed by atoms with van der Waals surface area (Å²) in [6, 6.07) is -1.77. The zero-order valence-corrected chi connectivity index (χ0v) is 10.2. The molecule has 0 saturated carbocycles. The van der Waals surface area contributed by atoms with E-state index >= 15 is 0 Å². The zero-order valence-electron chi connectivity index (χ0n) is 10.2. The first kappa shape index (κ1) is 14.0. The second kappa shape index (κ2) is 6.04. The molecule has 7 nitrogen and oxygen atoms in total. The van der Waals surface area contributed by atoms with Crippen LogP contribution in [0, 0.1) is 0 Å². The fraction of sp³-hybridized carbons (Fsp3) is 0.545. The number of carboxylic acid groups (broad SMARTS) is 1. The summed E-state index contributed by atoms with van der Waals surface area (Å²) in [6.45, 7) is 2.96. The zero-order chi connectivity index (χ0) is 13.7. The Morgan fingerprint density at radius 2 is 2.22 bits per heavy atom. The molecule has 0 aliphatic carbocycles. The maximum Gasteiger partial charge on any atom is 0.326 e. The van der Waals surface area contributed by atoms with Crippen LogP contribution in [0.5, 0.6) is 0 Å². The minimum absolute atomic E-state index is 0.413. The molecule has 3 amide bonds.